The Hall–Kier alpha value is -3.74. The van der Waals surface area contributed by atoms with Crippen LogP contribution in [0.4, 0.5) is 5.69 Å². The zero-order valence-electron chi connectivity index (χ0n) is 15.9. The third-order valence-electron chi connectivity index (χ3n) is 4.66. The second-order valence-electron chi connectivity index (χ2n) is 7.34. The number of carbonyl (C=O) groups is 3. The van der Waals surface area contributed by atoms with E-state index in [4.69, 9.17) is 4.42 Å². The molecule has 0 atom stereocenters. The minimum atomic E-state index is -0.446. The summed E-state index contributed by atoms with van der Waals surface area (Å²) in [4.78, 5) is 50.2. The van der Waals surface area contributed by atoms with Crippen molar-refractivity contribution in [1.82, 2.24) is 4.90 Å². The number of carbonyl (C=O) groups excluding carboxylic acids is 3. The molecule has 0 saturated heterocycles. The quantitative estimate of drug-likeness (QED) is 0.545. The zero-order chi connectivity index (χ0) is 20.7. The maximum absolute atomic E-state index is 12.7. The molecule has 0 spiro atoms. The predicted octanol–water partition coefficient (Wildman–Crippen LogP) is 3.30. The molecule has 1 N–H and O–H groups in total. The fourth-order valence-corrected chi connectivity index (χ4v) is 3.32. The van der Waals surface area contributed by atoms with Crippen LogP contribution in [0.15, 0.2) is 57.7 Å². The molecule has 7 heteroatoms. The maximum atomic E-state index is 12.7. The first-order valence-corrected chi connectivity index (χ1v) is 9.19. The Morgan fingerprint density at radius 2 is 1.72 bits per heavy atom. The molecule has 0 radical (unpaired) electrons. The molecule has 3 amide bonds. The van der Waals surface area contributed by atoms with Crippen molar-refractivity contribution in [1.29, 1.82) is 0 Å². The van der Waals surface area contributed by atoms with Crippen LogP contribution in [0.5, 0.6) is 0 Å². The molecule has 1 aliphatic rings. The molecule has 0 unspecified atom stereocenters. The van der Waals surface area contributed by atoms with Gasteiger partial charge in [-0.2, -0.15) is 0 Å². The molecule has 0 fully saturated rings. The largest absolute Gasteiger partial charge is 0.423 e. The second-order valence-corrected chi connectivity index (χ2v) is 7.34. The summed E-state index contributed by atoms with van der Waals surface area (Å²) in [6, 6.07) is 12.3. The van der Waals surface area contributed by atoms with Gasteiger partial charge < -0.3 is 9.73 Å². The smallest absolute Gasteiger partial charge is 0.336 e. The average Bonchev–Trinajstić information content (AvgIpc) is 2.92. The Morgan fingerprint density at radius 1 is 0.966 bits per heavy atom. The lowest BCUT2D eigenvalue weighted by Gasteiger charge is -2.15. The standard InChI is InChI=1S/C22H18N2O5/c1-12(2)11-24-21(27)16-6-3-14(10-17(16)22(24)28)20(26)23-15-5-7-18-13(9-15)4-8-19(25)29-18/h3-10,12H,11H2,1-2H3,(H,23,26). The highest BCUT2D eigenvalue weighted by molar-refractivity contribution is 6.22. The summed E-state index contributed by atoms with van der Waals surface area (Å²) >= 11 is 0. The van der Waals surface area contributed by atoms with Crippen molar-refractivity contribution in [2.45, 2.75) is 13.8 Å². The van der Waals surface area contributed by atoms with E-state index in [2.05, 4.69) is 5.32 Å². The van der Waals surface area contributed by atoms with E-state index in [1.54, 1.807) is 24.3 Å². The molecule has 0 bridgehead atoms. The van der Waals surface area contributed by atoms with E-state index < -0.39 is 11.5 Å². The van der Waals surface area contributed by atoms with Crippen LogP contribution in [0.25, 0.3) is 11.0 Å². The molecule has 146 valence electrons. The summed E-state index contributed by atoms with van der Waals surface area (Å²) in [7, 11) is 0. The van der Waals surface area contributed by atoms with Gasteiger partial charge in [0.25, 0.3) is 17.7 Å². The van der Waals surface area contributed by atoms with Gasteiger partial charge in [0.1, 0.15) is 5.58 Å². The molecule has 2 heterocycles. The van der Waals surface area contributed by atoms with E-state index in [0.717, 1.165) is 0 Å². The van der Waals surface area contributed by atoms with Gasteiger partial charge in [-0.15, -0.1) is 0 Å². The monoisotopic (exact) mass is 390 g/mol. The van der Waals surface area contributed by atoms with Crippen LogP contribution in [0.1, 0.15) is 44.9 Å². The molecule has 4 rings (SSSR count). The number of anilines is 1. The molecule has 1 aromatic heterocycles. The van der Waals surface area contributed by atoms with Gasteiger partial charge in [0.05, 0.1) is 11.1 Å². The highest BCUT2D eigenvalue weighted by Crippen LogP contribution is 2.25. The van der Waals surface area contributed by atoms with Crippen molar-refractivity contribution in [3.05, 3.63) is 75.6 Å². The fraction of sp³-hybridized carbons (Fsp3) is 0.182. The Bertz CT molecular complexity index is 1230. The first kappa shape index (κ1) is 18.6. The van der Waals surface area contributed by atoms with E-state index in [9.17, 15) is 19.2 Å². The Labute approximate surface area is 165 Å². The molecule has 7 nitrogen and oxygen atoms in total. The van der Waals surface area contributed by atoms with Crippen LogP contribution in [-0.4, -0.2) is 29.2 Å². The normalized spacial score (nSPS) is 13.3. The van der Waals surface area contributed by atoms with Gasteiger partial charge in [0.2, 0.25) is 0 Å². The topological polar surface area (TPSA) is 96.7 Å². The number of nitrogens with one attached hydrogen (secondary N) is 1. The molecule has 0 aliphatic carbocycles. The first-order valence-electron chi connectivity index (χ1n) is 9.19. The van der Waals surface area contributed by atoms with Gasteiger partial charge >= 0.3 is 5.63 Å². The summed E-state index contributed by atoms with van der Waals surface area (Å²) in [6.45, 7) is 4.19. The number of amides is 3. The molecule has 2 aromatic carbocycles. The van der Waals surface area contributed by atoms with Crippen LogP contribution in [0, 0.1) is 5.92 Å². The van der Waals surface area contributed by atoms with Gasteiger partial charge in [0, 0.05) is 29.2 Å². The highest BCUT2D eigenvalue weighted by atomic mass is 16.4. The van der Waals surface area contributed by atoms with Crippen LogP contribution in [0.2, 0.25) is 0 Å². The lowest BCUT2D eigenvalue weighted by molar-refractivity contribution is 0.0636. The van der Waals surface area contributed by atoms with Crippen molar-refractivity contribution in [2.75, 3.05) is 11.9 Å². The zero-order valence-corrected chi connectivity index (χ0v) is 15.9. The Kier molecular flexibility index (Phi) is 4.50. The number of rotatable bonds is 4. The number of benzene rings is 2. The summed E-state index contributed by atoms with van der Waals surface area (Å²) in [5.41, 5.74) is 1.31. The van der Waals surface area contributed by atoms with Gasteiger partial charge in [-0.1, -0.05) is 13.8 Å². The predicted molar refractivity (Wildman–Crippen MR) is 107 cm³/mol. The summed E-state index contributed by atoms with van der Waals surface area (Å²) in [5, 5.41) is 3.43. The lowest BCUT2D eigenvalue weighted by Crippen LogP contribution is -2.33. The maximum Gasteiger partial charge on any atom is 0.336 e. The van der Waals surface area contributed by atoms with Crippen molar-refractivity contribution < 1.29 is 18.8 Å². The van der Waals surface area contributed by atoms with Crippen LogP contribution < -0.4 is 10.9 Å². The molecule has 3 aromatic rings. The minimum absolute atomic E-state index is 0.150. The number of hydrogen-bond acceptors (Lipinski definition) is 5. The third-order valence-corrected chi connectivity index (χ3v) is 4.66. The number of hydrogen-bond donors (Lipinski definition) is 1. The second kappa shape index (κ2) is 7.01. The summed E-state index contributed by atoms with van der Waals surface area (Å²) in [6.07, 6.45) is 0. The first-order chi connectivity index (χ1) is 13.8. The SMILES string of the molecule is CC(C)CN1C(=O)c2ccc(C(=O)Nc3ccc4oc(=O)ccc4c3)cc2C1=O. The van der Waals surface area contributed by atoms with Crippen molar-refractivity contribution >= 4 is 34.4 Å². The fourth-order valence-electron chi connectivity index (χ4n) is 3.32. The van der Waals surface area contributed by atoms with Gasteiger partial charge in [-0.05, 0) is 48.4 Å². The van der Waals surface area contributed by atoms with Gasteiger partial charge in [-0.25, -0.2) is 4.79 Å². The van der Waals surface area contributed by atoms with Crippen molar-refractivity contribution in [3.8, 4) is 0 Å². The van der Waals surface area contributed by atoms with Gasteiger partial charge in [0.15, 0.2) is 0 Å². The molecular formula is C22H18N2O5. The lowest BCUT2D eigenvalue weighted by atomic mass is 10.1. The molecule has 1 aliphatic heterocycles. The Morgan fingerprint density at radius 3 is 2.48 bits per heavy atom. The number of nitrogens with zero attached hydrogens (tertiary/aromatic N) is 1. The van der Waals surface area contributed by atoms with Crippen LogP contribution in [-0.2, 0) is 0 Å². The van der Waals surface area contributed by atoms with Crippen molar-refractivity contribution in [2.24, 2.45) is 5.92 Å². The highest BCUT2D eigenvalue weighted by Gasteiger charge is 2.36. The van der Waals surface area contributed by atoms with E-state index in [-0.39, 0.29) is 28.9 Å². The van der Waals surface area contributed by atoms with Crippen molar-refractivity contribution in [3.63, 3.8) is 0 Å². The summed E-state index contributed by atoms with van der Waals surface area (Å²) < 4.78 is 5.07. The van der Waals surface area contributed by atoms with E-state index >= 15 is 0 Å². The number of imide groups is 1. The van der Waals surface area contributed by atoms with Crippen LogP contribution >= 0.6 is 0 Å². The molecular weight excluding hydrogens is 372 g/mol. The molecule has 0 saturated carbocycles. The number of fused-ring (bicyclic) bond motifs is 2. The summed E-state index contributed by atoms with van der Waals surface area (Å²) in [5.74, 6) is -0.972. The molecule has 29 heavy (non-hydrogen) atoms. The van der Waals surface area contributed by atoms with E-state index in [0.29, 0.717) is 28.8 Å². The third kappa shape index (κ3) is 3.42. The average molecular weight is 390 g/mol. The van der Waals surface area contributed by atoms with Gasteiger partial charge in [-0.3, -0.25) is 19.3 Å². The minimum Gasteiger partial charge on any atom is -0.423 e. The van der Waals surface area contributed by atoms with E-state index in [1.165, 1.54) is 29.2 Å². The van der Waals surface area contributed by atoms with Crippen LogP contribution in [0.3, 0.4) is 0 Å². The Balaban J connectivity index is 1.59. The van der Waals surface area contributed by atoms with E-state index in [1.807, 2.05) is 13.8 Å².